The molecule has 2 unspecified atom stereocenters. The second kappa shape index (κ2) is 12.8. The Morgan fingerprint density at radius 2 is 1.06 bits per heavy atom. The first-order valence-electron chi connectivity index (χ1n) is 7.86. The van der Waals surface area contributed by atoms with Gasteiger partial charge >= 0.3 is 0 Å². The lowest BCUT2D eigenvalue weighted by Gasteiger charge is -2.17. The molecule has 0 heterocycles. The third kappa shape index (κ3) is 12.6. The van der Waals surface area contributed by atoms with Crippen molar-refractivity contribution in [1.29, 1.82) is 0 Å². The van der Waals surface area contributed by atoms with Crippen LogP contribution in [0, 0.1) is 0 Å². The molecule has 0 aromatic rings. The molecule has 0 fully saturated rings. The highest BCUT2D eigenvalue weighted by atomic mass is 32.2. The summed E-state index contributed by atoms with van der Waals surface area (Å²) in [7, 11) is 0. The van der Waals surface area contributed by atoms with Gasteiger partial charge in [-0.15, -0.1) is 0 Å². The van der Waals surface area contributed by atoms with Crippen molar-refractivity contribution in [2.24, 2.45) is 0 Å². The van der Waals surface area contributed by atoms with Crippen molar-refractivity contribution in [3.05, 3.63) is 0 Å². The van der Waals surface area contributed by atoms with Crippen LogP contribution in [0.3, 0.4) is 0 Å². The predicted octanol–water partition coefficient (Wildman–Crippen LogP) is 6.44. The third-order valence-electron chi connectivity index (χ3n) is 3.39. The summed E-state index contributed by atoms with van der Waals surface area (Å²) in [6.07, 6.45) is 14.1. The van der Waals surface area contributed by atoms with Crippen LogP contribution >= 0.6 is 11.8 Å². The molecule has 0 aliphatic carbocycles. The average molecular weight is 259 g/mol. The van der Waals surface area contributed by atoms with E-state index >= 15 is 0 Å². The number of unbranched alkanes of at least 4 members (excludes halogenated alkanes) is 6. The van der Waals surface area contributed by atoms with Crippen LogP contribution in [0.2, 0.25) is 0 Å². The molecule has 0 amide bonds. The third-order valence-corrected chi connectivity index (χ3v) is 4.79. The lowest BCUT2D eigenvalue weighted by molar-refractivity contribution is 0.619. The van der Waals surface area contributed by atoms with Crippen molar-refractivity contribution in [2.75, 3.05) is 0 Å². The summed E-state index contributed by atoms with van der Waals surface area (Å²) in [5.41, 5.74) is 0. The van der Waals surface area contributed by atoms with Crippen LogP contribution in [0.5, 0.6) is 0 Å². The van der Waals surface area contributed by atoms with E-state index in [9.17, 15) is 0 Å². The normalized spacial score (nSPS) is 14.8. The first-order chi connectivity index (χ1) is 8.20. The maximum atomic E-state index is 2.42. The molecule has 0 saturated carbocycles. The van der Waals surface area contributed by atoms with E-state index in [-0.39, 0.29) is 0 Å². The molecule has 17 heavy (non-hydrogen) atoms. The maximum Gasteiger partial charge on any atom is 0.00213 e. The first-order valence-corrected chi connectivity index (χ1v) is 8.80. The molecular weight excluding hydrogens is 224 g/mol. The standard InChI is InChI=1S/C16H34S/c1-5-7-9-11-13-15(3)17-16(4)14-12-10-8-6-2/h15-16H,5-14H2,1-4H3. The van der Waals surface area contributed by atoms with Gasteiger partial charge in [-0.05, 0) is 12.8 Å². The molecule has 0 radical (unpaired) electrons. The van der Waals surface area contributed by atoms with Gasteiger partial charge in [0.15, 0.2) is 0 Å². The van der Waals surface area contributed by atoms with Crippen LogP contribution in [0.25, 0.3) is 0 Å². The number of hydrogen-bond acceptors (Lipinski definition) is 1. The predicted molar refractivity (Wildman–Crippen MR) is 84.0 cm³/mol. The molecule has 0 aromatic carbocycles. The second-order valence-corrected chi connectivity index (χ2v) is 7.34. The van der Waals surface area contributed by atoms with E-state index in [0.717, 1.165) is 10.5 Å². The summed E-state index contributed by atoms with van der Waals surface area (Å²) in [4.78, 5) is 0. The van der Waals surface area contributed by atoms with Gasteiger partial charge in [-0.1, -0.05) is 79.1 Å². The van der Waals surface area contributed by atoms with Crippen LogP contribution in [-0.4, -0.2) is 10.5 Å². The zero-order valence-corrected chi connectivity index (χ0v) is 13.5. The summed E-state index contributed by atoms with van der Waals surface area (Å²) >= 11 is 2.22. The van der Waals surface area contributed by atoms with Gasteiger partial charge in [0.1, 0.15) is 0 Å². The highest BCUT2D eigenvalue weighted by Crippen LogP contribution is 2.25. The summed E-state index contributed by atoms with van der Waals surface area (Å²) < 4.78 is 0. The van der Waals surface area contributed by atoms with Gasteiger partial charge in [0.25, 0.3) is 0 Å². The van der Waals surface area contributed by atoms with E-state index < -0.39 is 0 Å². The molecule has 104 valence electrons. The first kappa shape index (κ1) is 17.4. The number of hydrogen-bond donors (Lipinski definition) is 0. The van der Waals surface area contributed by atoms with Crippen LogP contribution in [-0.2, 0) is 0 Å². The quantitative estimate of drug-likeness (QED) is 0.363. The highest BCUT2D eigenvalue weighted by Gasteiger charge is 2.08. The van der Waals surface area contributed by atoms with Gasteiger partial charge in [-0.2, -0.15) is 11.8 Å². The summed E-state index contributed by atoms with van der Waals surface area (Å²) in [6.45, 7) is 9.41. The molecule has 0 nitrogen and oxygen atoms in total. The molecule has 1 heteroatoms. The minimum Gasteiger partial charge on any atom is -0.156 e. The van der Waals surface area contributed by atoms with E-state index in [2.05, 4.69) is 39.5 Å². The lowest BCUT2D eigenvalue weighted by atomic mass is 10.1. The Hall–Kier alpha value is 0.350. The maximum absolute atomic E-state index is 2.42. The average Bonchev–Trinajstić information content (AvgIpc) is 2.30. The van der Waals surface area contributed by atoms with Crippen molar-refractivity contribution < 1.29 is 0 Å². The Bertz CT molecular complexity index is 128. The Morgan fingerprint density at radius 1 is 0.647 bits per heavy atom. The molecular formula is C16H34S. The van der Waals surface area contributed by atoms with Gasteiger partial charge in [-0.25, -0.2) is 0 Å². The fourth-order valence-corrected chi connectivity index (χ4v) is 3.65. The topological polar surface area (TPSA) is 0 Å². The van der Waals surface area contributed by atoms with Gasteiger partial charge in [0.05, 0.1) is 0 Å². The fourth-order valence-electron chi connectivity index (χ4n) is 2.25. The fraction of sp³-hybridized carbons (Fsp3) is 1.00. The van der Waals surface area contributed by atoms with Crippen molar-refractivity contribution in [3.63, 3.8) is 0 Å². The van der Waals surface area contributed by atoms with Crippen LogP contribution in [0.4, 0.5) is 0 Å². The van der Waals surface area contributed by atoms with E-state index in [1.807, 2.05) is 0 Å². The van der Waals surface area contributed by atoms with Crippen molar-refractivity contribution in [1.82, 2.24) is 0 Å². The molecule has 0 aliphatic heterocycles. The van der Waals surface area contributed by atoms with Crippen LogP contribution < -0.4 is 0 Å². The minimum absolute atomic E-state index is 0.869. The Labute approximate surface area is 114 Å². The molecule has 0 bridgehead atoms. The molecule has 2 atom stereocenters. The monoisotopic (exact) mass is 258 g/mol. The Morgan fingerprint density at radius 3 is 1.41 bits per heavy atom. The molecule has 0 N–H and O–H groups in total. The smallest absolute Gasteiger partial charge is 0.00213 e. The number of thioether (sulfide) groups is 1. The SMILES string of the molecule is CCCCCCC(C)SC(C)CCCCCC. The van der Waals surface area contributed by atoms with Crippen molar-refractivity contribution >= 4 is 11.8 Å². The van der Waals surface area contributed by atoms with Gasteiger partial charge in [0.2, 0.25) is 0 Å². The van der Waals surface area contributed by atoms with Gasteiger partial charge in [-0.3, -0.25) is 0 Å². The molecule has 0 aromatic heterocycles. The molecule has 0 saturated heterocycles. The van der Waals surface area contributed by atoms with Crippen molar-refractivity contribution in [3.8, 4) is 0 Å². The Balaban J connectivity index is 3.35. The zero-order valence-electron chi connectivity index (χ0n) is 12.6. The molecule has 0 rings (SSSR count). The van der Waals surface area contributed by atoms with E-state index in [4.69, 9.17) is 0 Å². The van der Waals surface area contributed by atoms with E-state index in [1.165, 1.54) is 64.2 Å². The summed E-state index contributed by atoms with van der Waals surface area (Å²) in [5.74, 6) is 0. The van der Waals surface area contributed by atoms with Gasteiger partial charge < -0.3 is 0 Å². The summed E-state index contributed by atoms with van der Waals surface area (Å²) in [5, 5.41) is 1.74. The molecule has 0 spiro atoms. The van der Waals surface area contributed by atoms with Crippen LogP contribution in [0.15, 0.2) is 0 Å². The second-order valence-electron chi connectivity index (χ2n) is 5.46. The lowest BCUT2D eigenvalue weighted by Crippen LogP contribution is -2.05. The minimum atomic E-state index is 0.869. The summed E-state index contributed by atoms with van der Waals surface area (Å²) in [6, 6.07) is 0. The zero-order chi connectivity index (χ0) is 12.9. The number of rotatable bonds is 12. The largest absolute Gasteiger partial charge is 0.156 e. The van der Waals surface area contributed by atoms with Crippen LogP contribution in [0.1, 0.15) is 91.9 Å². The van der Waals surface area contributed by atoms with E-state index in [0.29, 0.717) is 0 Å². The van der Waals surface area contributed by atoms with Gasteiger partial charge in [0, 0.05) is 10.5 Å². The van der Waals surface area contributed by atoms with E-state index in [1.54, 1.807) is 0 Å². The molecule has 0 aliphatic rings. The van der Waals surface area contributed by atoms with Crippen molar-refractivity contribution in [2.45, 2.75) is 102 Å². The Kier molecular flexibility index (Phi) is 13.1. The highest BCUT2D eigenvalue weighted by molar-refractivity contribution is 8.00.